The van der Waals surface area contributed by atoms with E-state index in [2.05, 4.69) is 10.9 Å². The van der Waals surface area contributed by atoms with Crippen molar-refractivity contribution in [3.8, 4) is 0 Å². The predicted octanol–water partition coefficient (Wildman–Crippen LogP) is 1.19. The zero-order valence-electron chi connectivity index (χ0n) is 8.51. The third-order valence-corrected chi connectivity index (χ3v) is 2.13. The molecule has 1 aromatic carbocycles. The van der Waals surface area contributed by atoms with Crippen LogP contribution in [0.3, 0.4) is 0 Å². The van der Waals surface area contributed by atoms with Gasteiger partial charge in [-0.25, -0.2) is 4.39 Å². The first kappa shape index (κ1) is 12.4. The number of hydrogen-bond acceptors (Lipinski definition) is 2. The number of hydrogen-bond donors (Lipinski definition) is 2. The van der Waals surface area contributed by atoms with Crippen molar-refractivity contribution < 1.29 is 14.0 Å². The van der Waals surface area contributed by atoms with Gasteiger partial charge in [0.25, 0.3) is 0 Å². The smallest absolute Gasteiger partial charge is 0.242 e. The Hall–Kier alpha value is -1.62. The van der Waals surface area contributed by atoms with E-state index in [-0.39, 0.29) is 17.0 Å². The molecule has 0 unspecified atom stereocenters. The number of carbonyl (C=O) groups excluding carboxylic acids is 2. The molecule has 0 aliphatic rings. The molecule has 86 valence electrons. The molecule has 0 radical (unpaired) electrons. The van der Waals surface area contributed by atoms with Crippen LogP contribution in [0.5, 0.6) is 0 Å². The highest BCUT2D eigenvalue weighted by atomic mass is 35.5. The van der Waals surface area contributed by atoms with Gasteiger partial charge in [0.15, 0.2) is 0 Å². The van der Waals surface area contributed by atoms with Crippen LogP contribution in [-0.4, -0.2) is 11.8 Å². The van der Waals surface area contributed by atoms with Crippen molar-refractivity contribution in [1.82, 2.24) is 10.9 Å². The SMILES string of the molecule is CC(=O)NNC(=O)Cc1c(F)cccc1Cl. The zero-order valence-corrected chi connectivity index (χ0v) is 9.27. The highest BCUT2D eigenvalue weighted by Crippen LogP contribution is 2.19. The third kappa shape index (κ3) is 3.51. The zero-order chi connectivity index (χ0) is 12.1. The Morgan fingerprint density at radius 2 is 2.06 bits per heavy atom. The van der Waals surface area contributed by atoms with E-state index in [1.165, 1.54) is 25.1 Å². The Bertz CT molecular complexity index is 403. The van der Waals surface area contributed by atoms with Crippen molar-refractivity contribution in [2.24, 2.45) is 0 Å². The summed E-state index contributed by atoms with van der Waals surface area (Å²) in [5.74, 6) is -1.50. The lowest BCUT2D eigenvalue weighted by Crippen LogP contribution is -2.41. The Kier molecular flexibility index (Phi) is 4.25. The van der Waals surface area contributed by atoms with Gasteiger partial charge in [-0.1, -0.05) is 17.7 Å². The van der Waals surface area contributed by atoms with Crippen molar-refractivity contribution in [3.63, 3.8) is 0 Å². The summed E-state index contributed by atoms with van der Waals surface area (Å²) in [5, 5.41) is 0.179. The lowest BCUT2D eigenvalue weighted by Gasteiger charge is -2.07. The fourth-order valence-electron chi connectivity index (χ4n) is 1.06. The number of nitrogens with one attached hydrogen (secondary N) is 2. The molecule has 0 saturated heterocycles. The first-order valence-electron chi connectivity index (χ1n) is 4.49. The minimum atomic E-state index is -0.550. The van der Waals surface area contributed by atoms with E-state index < -0.39 is 17.6 Å². The lowest BCUT2D eigenvalue weighted by molar-refractivity contribution is -0.127. The van der Waals surface area contributed by atoms with Gasteiger partial charge in [0.2, 0.25) is 11.8 Å². The molecule has 0 atom stereocenters. The Morgan fingerprint density at radius 3 is 2.62 bits per heavy atom. The summed E-state index contributed by atoms with van der Waals surface area (Å²) in [4.78, 5) is 21.8. The average molecular weight is 245 g/mol. The van der Waals surface area contributed by atoms with E-state index in [0.717, 1.165) is 0 Å². The van der Waals surface area contributed by atoms with Crippen LogP contribution in [0.2, 0.25) is 5.02 Å². The number of amides is 2. The van der Waals surface area contributed by atoms with E-state index in [0.29, 0.717) is 0 Å². The molecular formula is C10H10ClFN2O2. The van der Waals surface area contributed by atoms with Crippen molar-refractivity contribution in [1.29, 1.82) is 0 Å². The average Bonchev–Trinajstić information content (AvgIpc) is 2.21. The number of benzene rings is 1. The summed E-state index contributed by atoms with van der Waals surface area (Å²) in [5.41, 5.74) is 4.33. The van der Waals surface area contributed by atoms with Gasteiger partial charge in [-0.2, -0.15) is 0 Å². The van der Waals surface area contributed by atoms with Crippen LogP contribution in [0.25, 0.3) is 0 Å². The first-order valence-corrected chi connectivity index (χ1v) is 4.87. The fourth-order valence-corrected chi connectivity index (χ4v) is 1.29. The summed E-state index contributed by atoms with van der Waals surface area (Å²) in [6.45, 7) is 1.25. The third-order valence-electron chi connectivity index (χ3n) is 1.78. The van der Waals surface area contributed by atoms with Crippen LogP contribution in [0.1, 0.15) is 12.5 Å². The quantitative estimate of drug-likeness (QED) is 0.768. The van der Waals surface area contributed by atoms with Gasteiger partial charge in [0.1, 0.15) is 5.82 Å². The Balaban J connectivity index is 2.66. The maximum absolute atomic E-state index is 13.3. The number of halogens is 2. The van der Waals surface area contributed by atoms with Crippen LogP contribution in [-0.2, 0) is 16.0 Å². The lowest BCUT2D eigenvalue weighted by atomic mass is 10.1. The molecule has 16 heavy (non-hydrogen) atoms. The van der Waals surface area contributed by atoms with Gasteiger partial charge in [-0.15, -0.1) is 0 Å². The van der Waals surface area contributed by atoms with Crippen LogP contribution in [0.15, 0.2) is 18.2 Å². The van der Waals surface area contributed by atoms with Crippen molar-refractivity contribution in [3.05, 3.63) is 34.6 Å². The van der Waals surface area contributed by atoms with Crippen molar-refractivity contribution in [2.75, 3.05) is 0 Å². The molecule has 0 spiro atoms. The summed E-state index contributed by atoms with van der Waals surface area (Å²) in [6.07, 6.45) is -0.230. The molecule has 0 saturated carbocycles. The second-order valence-electron chi connectivity index (χ2n) is 3.11. The standard InChI is InChI=1S/C10H10ClFN2O2/c1-6(15)13-14-10(16)5-7-8(11)3-2-4-9(7)12/h2-4H,5H2,1H3,(H,13,15)(H,14,16). The largest absolute Gasteiger partial charge is 0.274 e. The van der Waals surface area contributed by atoms with E-state index >= 15 is 0 Å². The fraction of sp³-hybridized carbons (Fsp3) is 0.200. The topological polar surface area (TPSA) is 58.2 Å². The monoisotopic (exact) mass is 244 g/mol. The molecule has 1 aromatic rings. The molecule has 0 fully saturated rings. The summed E-state index contributed by atoms with van der Waals surface area (Å²) >= 11 is 5.73. The first-order chi connectivity index (χ1) is 7.50. The normalized spacial score (nSPS) is 9.69. The minimum absolute atomic E-state index is 0.104. The van der Waals surface area contributed by atoms with E-state index in [1.54, 1.807) is 0 Å². The molecule has 0 aliphatic carbocycles. The van der Waals surface area contributed by atoms with E-state index in [4.69, 9.17) is 11.6 Å². The van der Waals surface area contributed by atoms with E-state index in [9.17, 15) is 14.0 Å². The second-order valence-corrected chi connectivity index (χ2v) is 3.51. The molecule has 0 heterocycles. The summed E-state index contributed by atoms with van der Waals surface area (Å²) < 4.78 is 13.3. The van der Waals surface area contributed by atoms with E-state index in [1.807, 2.05) is 0 Å². The van der Waals surface area contributed by atoms with Crippen LogP contribution >= 0.6 is 11.6 Å². The van der Waals surface area contributed by atoms with Gasteiger partial charge in [-0.05, 0) is 12.1 Å². The maximum atomic E-state index is 13.3. The summed E-state index contributed by atoms with van der Waals surface area (Å²) in [7, 11) is 0. The van der Waals surface area contributed by atoms with Gasteiger partial charge < -0.3 is 0 Å². The molecule has 1 rings (SSSR count). The molecular weight excluding hydrogens is 235 g/mol. The highest BCUT2D eigenvalue weighted by Gasteiger charge is 2.11. The van der Waals surface area contributed by atoms with Gasteiger partial charge in [0.05, 0.1) is 6.42 Å². The van der Waals surface area contributed by atoms with Gasteiger partial charge in [0, 0.05) is 17.5 Å². The minimum Gasteiger partial charge on any atom is -0.274 e. The number of carbonyl (C=O) groups is 2. The Morgan fingerprint density at radius 1 is 1.38 bits per heavy atom. The van der Waals surface area contributed by atoms with Crippen molar-refractivity contribution in [2.45, 2.75) is 13.3 Å². The molecule has 4 nitrogen and oxygen atoms in total. The second kappa shape index (κ2) is 5.46. The van der Waals surface area contributed by atoms with Crippen LogP contribution in [0.4, 0.5) is 4.39 Å². The highest BCUT2D eigenvalue weighted by molar-refractivity contribution is 6.31. The van der Waals surface area contributed by atoms with Gasteiger partial charge >= 0.3 is 0 Å². The number of hydrazine groups is 1. The van der Waals surface area contributed by atoms with Gasteiger partial charge in [-0.3, -0.25) is 20.4 Å². The van der Waals surface area contributed by atoms with Crippen LogP contribution in [0, 0.1) is 5.82 Å². The maximum Gasteiger partial charge on any atom is 0.242 e. The summed E-state index contributed by atoms with van der Waals surface area (Å²) in [6, 6.07) is 4.16. The number of rotatable bonds is 2. The molecule has 6 heteroatoms. The Labute approximate surface area is 96.8 Å². The molecule has 2 amide bonds. The molecule has 0 aromatic heterocycles. The predicted molar refractivity (Wildman–Crippen MR) is 57.1 cm³/mol. The molecule has 0 bridgehead atoms. The van der Waals surface area contributed by atoms with Crippen molar-refractivity contribution >= 4 is 23.4 Å². The van der Waals surface area contributed by atoms with Crippen LogP contribution < -0.4 is 10.9 Å². The molecule has 0 aliphatic heterocycles. The molecule has 2 N–H and O–H groups in total.